The molecule has 0 aliphatic rings. The third-order valence-corrected chi connectivity index (χ3v) is 4.76. The highest BCUT2D eigenvalue weighted by atomic mass is 32.2. The van der Waals surface area contributed by atoms with E-state index in [-0.39, 0.29) is 0 Å². The number of thioether (sulfide) groups is 1. The molecule has 1 atom stereocenters. The van der Waals surface area contributed by atoms with Crippen LogP contribution in [0.2, 0.25) is 0 Å². The van der Waals surface area contributed by atoms with Crippen molar-refractivity contribution in [1.82, 2.24) is 5.32 Å². The lowest BCUT2D eigenvalue weighted by Crippen LogP contribution is -2.28. The Bertz CT molecular complexity index is 550. The Morgan fingerprint density at radius 1 is 0.952 bits per heavy atom. The maximum absolute atomic E-state index is 3.62. The van der Waals surface area contributed by atoms with Crippen LogP contribution in [0.4, 0.5) is 0 Å². The second-order valence-electron chi connectivity index (χ2n) is 6.18. The van der Waals surface area contributed by atoms with Gasteiger partial charge in [0.05, 0.1) is 0 Å². The molecule has 0 heterocycles. The van der Waals surface area contributed by atoms with Crippen LogP contribution in [0.15, 0.2) is 47.4 Å². The van der Waals surface area contributed by atoms with Crippen LogP contribution in [0.25, 0.3) is 10.8 Å². The van der Waals surface area contributed by atoms with Gasteiger partial charge in [0.15, 0.2) is 0 Å². The van der Waals surface area contributed by atoms with Crippen molar-refractivity contribution in [3.05, 3.63) is 42.5 Å². The standard InChI is InChI=1S/C19H27NS/c1-15(2)8-9-16(3)20-12-13-21-19-11-10-17-6-4-5-7-18(17)14-19/h4-7,10-11,14-16,20H,8-9,12-13H2,1-3H3. The first-order valence-electron chi connectivity index (χ1n) is 8.00. The molecule has 114 valence electrons. The topological polar surface area (TPSA) is 12.0 Å². The molecule has 0 spiro atoms. The Kier molecular flexibility index (Phi) is 6.59. The number of hydrogen-bond acceptors (Lipinski definition) is 2. The van der Waals surface area contributed by atoms with Gasteiger partial charge in [-0.1, -0.05) is 44.2 Å². The van der Waals surface area contributed by atoms with Crippen molar-refractivity contribution in [2.24, 2.45) is 5.92 Å². The second-order valence-corrected chi connectivity index (χ2v) is 7.35. The molecule has 0 bridgehead atoms. The molecule has 0 amide bonds. The van der Waals surface area contributed by atoms with Gasteiger partial charge in [0.2, 0.25) is 0 Å². The third kappa shape index (κ3) is 5.72. The predicted octanol–water partition coefficient (Wildman–Crippen LogP) is 5.35. The van der Waals surface area contributed by atoms with Crippen molar-refractivity contribution in [3.8, 4) is 0 Å². The fourth-order valence-electron chi connectivity index (χ4n) is 2.42. The molecule has 0 aromatic heterocycles. The summed E-state index contributed by atoms with van der Waals surface area (Å²) in [6.07, 6.45) is 2.59. The van der Waals surface area contributed by atoms with Crippen LogP contribution in [0, 0.1) is 5.92 Å². The highest BCUT2D eigenvalue weighted by Gasteiger charge is 2.03. The van der Waals surface area contributed by atoms with Crippen molar-refractivity contribution in [2.75, 3.05) is 12.3 Å². The van der Waals surface area contributed by atoms with Gasteiger partial charge in [-0.25, -0.2) is 0 Å². The molecule has 0 aliphatic heterocycles. The molecule has 1 N–H and O–H groups in total. The Hall–Kier alpha value is -0.990. The van der Waals surface area contributed by atoms with Crippen LogP contribution >= 0.6 is 11.8 Å². The van der Waals surface area contributed by atoms with Crippen molar-refractivity contribution in [1.29, 1.82) is 0 Å². The predicted molar refractivity (Wildman–Crippen MR) is 96.2 cm³/mol. The van der Waals surface area contributed by atoms with E-state index in [1.807, 2.05) is 11.8 Å². The van der Waals surface area contributed by atoms with E-state index in [1.54, 1.807) is 0 Å². The minimum absolute atomic E-state index is 0.629. The summed E-state index contributed by atoms with van der Waals surface area (Å²) in [6, 6.07) is 15.9. The van der Waals surface area contributed by atoms with Crippen molar-refractivity contribution in [2.45, 2.75) is 44.6 Å². The smallest absolute Gasteiger partial charge is 0.0106 e. The van der Waals surface area contributed by atoms with E-state index in [0.29, 0.717) is 6.04 Å². The second kappa shape index (κ2) is 8.45. The summed E-state index contributed by atoms with van der Waals surface area (Å²) >= 11 is 1.94. The zero-order valence-corrected chi connectivity index (χ0v) is 14.2. The molecule has 2 aromatic carbocycles. The highest BCUT2D eigenvalue weighted by Crippen LogP contribution is 2.23. The van der Waals surface area contributed by atoms with Gasteiger partial charge >= 0.3 is 0 Å². The van der Waals surface area contributed by atoms with Crippen LogP contribution in [0.1, 0.15) is 33.6 Å². The van der Waals surface area contributed by atoms with Crippen LogP contribution < -0.4 is 5.32 Å². The van der Waals surface area contributed by atoms with E-state index in [1.165, 1.54) is 28.5 Å². The minimum atomic E-state index is 0.629. The van der Waals surface area contributed by atoms with Gasteiger partial charge in [-0.15, -0.1) is 11.8 Å². The molecule has 2 heteroatoms. The molecule has 2 rings (SSSR count). The summed E-state index contributed by atoms with van der Waals surface area (Å²) in [7, 11) is 0. The summed E-state index contributed by atoms with van der Waals surface area (Å²) < 4.78 is 0. The lowest BCUT2D eigenvalue weighted by Gasteiger charge is -2.14. The SMILES string of the molecule is CC(C)CCC(C)NCCSc1ccc2ccccc2c1. The Morgan fingerprint density at radius 2 is 1.71 bits per heavy atom. The van der Waals surface area contributed by atoms with Crippen LogP contribution in [-0.2, 0) is 0 Å². The van der Waals surface area contributed by atoms with Crippen LogP contribution in [0.5, 0.6) is 0 Å². The Morgan fingerprint density at radius 3 is 2.48 bits per heavy atom. The number of fused-ring (bicyclic) bond motifs is 1. The molecule has 2 aromatic rings. The van der Waals surface area contributed by atoms with Gasteiger partial charge in [-0.2, -0.15) is 0 Å². The van der Waals surface area contributed by atoms with Crippen LogP contribution in [-0.4, -0.2) is 18.3 Å². The van der Waals surface area contributed by atoms with E-state index in [0.717, 1.165) is 18.2 Å². The van der Waals surface area contributed by atoms with Gasteiger partial charge in [-0.3, -0.25) is 0 Å². The summed E-state index contributed by atoms with van der Waals surface area (Å²) in [5.41, 5.74) is 0. The van der Waals surface area contributed by atoms with E-state index in [2.05, 4.69) is 68.6 Å². The molecule has 0 saturated carbocycles. The molecule has 1 unspecified atom stereocenters. The zero-order chi connectivity index (χ0) is 15.1. The fourth-order valence-corrected chi connectivity index (χ4v) is 3.25. The maximum Gasteiger partial charge on any atom is 0.0106 e. The monoisotopic (exact) mass is 301 g/mol. The number of rotatable bonds is 8. The Balaban J connectivity index is 1.72. The first-order chi connectivity index (χ1) is 10.1. The molecule has 0 fully saturated rings. The summed E-state index contributed by atoms with van der Waals surface area (Å²) in [4.78, 5) is 1.37. The lowest BCUT2D eigenvalue weighted by molar-refractivity contribution is 0.460. The minimum Gasteiger partial charge on any atom is -0.313 e. The average molecular weight is 301 g/mol. The van der Waals surface area contributed by atoms with Crippen LogP contribution in [0.3, 0.4) is 0 Å². The Labute approximate surface area is 133 Å². The third-order valence-electron chi connectivity index (χ3n) is 3.76. The summed E-state index contributed by atoms with van der Waals surface area (Å²) in [6.45, 7) is 7.96. The van der Waals surface area contributed by atoms with Gasteiger partial charge in [-0.05, 0) is 48.6 Å². The largest absolute Gasteiger partial charge is 0.313 e. The first-order valence-corrected chi connectivity index (χ1v) is 8.98. The van der Waals surface area contributed by atoms with E-state index >= 15 is 0 Å². The van der Waals surface area contributed by atoms with Crippen molar-refractivity contribution in [3.63, 3.8) is 0 Å². The maximum atomic E-state index is 3.62. The average Bonchev–Trinajstić information content (AvgIpc) is 2.49. The molecule has 1 nitrogen and oxygen atoms in total. The number of benzene rings is 2. The normalized spacial score (nSPS) is 13.0. The number of nitrogens with one attached hydrogen (secondary N) is 1. The van der Waals surface area contributed by atoms with Gasteiger partial charge in [0.1, 0.15) is 0 Å². The first kappa shape index (κ1) is 16.4. The lowest BCUT2D eigenvalue weighted by atomic mass is 10.0. The number of hydrogen-bond donors (Lipinski definition) is 1. The summed E-state index contributed by atoms with van der Waals surface area (Å²) in [5.74, 6) is 1.94. The van der Waals surface area contributed by atoms with E-state index in [9.17, 15) is 0 Å². The fraction of sp³-hybridized carbons (Fsp3) is 0.474. The molecule has 0 radical (unpaired) electrons. The molecule has 0 aliphatic carbocycles. The van der Waals surface area contributed by atoms with E-state index < -0.39 is 0 Å². The zero-order valence-electron chi connectivity index (χ0n) is 13.4. The van der Waals surface area contributed by atoms with Gasteiger partial charge < -0.3 is 5.32 Å². The molecular formula is C19H27NS. The van der Waals surface area contributed by atoms with Crippen molar-refractivity contribution >= 4 is 22.5 Å². The highest BCUT2D eigenvalue weighted by molar-refractivity contribution is 7.99. The van der Waals surface area contributed by atoms with Gasteiger partial charge in [0, 0.05) is 23.2 Å². The quantitative estimate of drug-likeness (QED) is 0.521. The van der Waals surface area contributed by atoms with Gasteiger partial charge in [0.25, 0.3) is 0 Å². The summed E-state index contributed by atoms with van der Waals surface area (Å²) in [5, 5.41) is 6.28. The van der Waals surface area contributed by atoms with Crippen molar-refractivity contribution < 1.29 is 0 Å². The molecular weight excluding hydrogens is 274 g/mol. The van der Waals surface area contributed by atoms with E-state index in [4.69, 9.17) is 0 Å². The molecule has 21 heavy (non-hydrogen) atoms. The molecule has 0 saturated heterocycles.